The number of benzene rings is 2. The molecule has 0 spiro atoms. The highest BCUT2D eigenvalue weighted by Gasteiger charge is 2.19. The zero-order valence-electron chi connectivity index (χ0n) is 10.9. The Bertz CT molecular complexity index is 482. The molecule has 19 heavy (non-hydrogen) atoms. The lowest BCUT2D eigenvalue weighted by Crippen LogP contribution is -2.18. The average Bonchev–Trinajstić information content (AvgIpc) is 2.41. The third-order valence-electron chi connectivity index (χ3n) is 3.48. The van der Waals surface area contributed by atoms with Crippen molar-refractivity contribution in [3.63, 3.8) is 0 Å². The van der Waals surface area contributed by atoms with E-state index < -0.39 is 0 Å². The maximum Gasteiger partial charge on any atom is 0.0406 e. The highest BCUT2D eigenvalue weighted by Crippen LogP contribution is 2.32. The van der Waals surface area contributed by atoms with Crippen LogP contribution < -0.4 is 5.73 Å². The van der Waals surface area contributed by atoms with E-state index in [1.54, 1.807) is 0 Å². The fourth-order valence-corrected chi connectivity index (χ4v) is 2.45. The van der Waals surface area contributed by atoms with Gasteiger partial charge in [-0.25, -0.2) is 0 Å². The Hall–Kier alpha value is -1.02. The summed E-state index contributed by atoms with van der Waals surface area (Å²) in [7, 11) is 0. The van der Waals surface area contributed by atoms with E-state index in [0.29, 0.717) is 18.4 Å². The van der Waals surface area contributed by atoms with E-state index in [1.165, 1.54) is 11.1 Å². The summed E-state index contributed by atoms with van der Waals surface area (Å²) in [6, 6.07) is 18.5. The van der Waals surface area contributed by atoms with Crippen LogP contribution in [-0.4, -0.2) is 6.54 Å². The van der Waals surface area contributed by atoms with Gasteiger partial charge in [-0.1, -0.05) is 61.0 Å². The Morgan fingerprint density at radius 1 is 0.947 bits per heavy atom. The maximum atomic E-state index is 5.95. The van der Waals surface area contributed by atoms with Crippen molar-refractivity contribution in [3.8, 4) is 0 Å². The Labute approximate surface area is 126 Å². The van der Waals surface area contributed by atoms with Gasteiger partial charge in [0.1, 0.15) is 0 Å². The number of hydrogen-bond donors (Lipinski definition) is 1. The van der Waals surface area contributed by atoms with Crippen LogP contribution in [0.25, 0.3) is 0 Å². The van der Waals surface area contributed by atoms with Crippen LogP contribution in [0.15, 0.2) is 54.6 Å². The van der Waals surface area contributed by atoms with Crippen molar-refractivity contribution in [3.05, 3.63) is 70.7 Å². The summed E-state index contributed by atoms with van der Waals surface area (Å²) < 4.78 is 0. The molecule has 0 aromatic heterocycles. The lowest BCUT2D eigenvalue weighted by molar-refractivity contribution is 0.584. The van der Waals surface area contributed by atoms with E-state index in [1.807, 2.05) is 18.2 Å². The number of hydrogen-bond acceptors (Lipinski definition) is 1. The van der Waals surface area contributed by atoms with Gasteiger partial charge in [0.05, 0.1) is 0 Å². The van der Waals surface area contributed by atoms with Crippen LogP contribution >= 0.6 is 24.0 Å². The van der Waals surface area contributed by atoms with Crippen LogP contribution in [0.1, 0.15) is 29.9 Å². The summed E-state index contributed by atoms with van der Waals surface area (Å²) in [5.74, 6) is 0.724. The molecular weight excluding hydrogens is 277 g/mol. The summed E-state index contributed by atoms with van der Waals surface area (Å²) in [5.41, 5.74) is 8.52. The van der Waals surface area contributed by atoms with Gasteiger partial charge in [0.2, 0.25) is 0 Å². The van der Waals surface area contributed by atoms with Gasteiger partial charge in [-0.05, 0) is 35.7 Å². The number of rotatable bonds is 4. The molecule has 0 aliphatic carbocycles. The first kappa shape index (κ1) is 16.0. The fraction of sp³-hybridized carbons (Fsp3) is 0.250. The van der Waals surface area contributed by atoms with E-state index in [9.17, 15) is 0 Å². The van der Waals surface area contributed by atoms with Gasteiger partial charge in [0.15, 0.2) is 0 Å². The van der Waals surface area contributed by atoms with Gasteiger partial charge in [0.25, 0.3) is 0 Å². The lowest BCUT2D eigenvalue weighted by atomic mass is 9.83. The van der Waals surface area contributed by atoms with Crippen molar-refractivity contribution in [1.29, 1.82) is 0 Å². The van der Waals surface area contributed by atoms with Crippen molar-refractivity contribution in [1.82, 2.24) is 0 Å². The molecule has 3 heteroatoms. The van der Waals surface area contributed by atoms with E-state index in [-0.39, 0.29) is 12.4 Å². The van der Waals surface area contributed by atoms with Gasteiger partial charge in [-0.2, -0.15) is 0 Å². The van der Waals surface area contributed by atoms with Crippen LogP contribution in [-0.2, 0) is 0 Å². The largest absolute Gasteiger partial charge is 0.330 e. The molecule has 0 aliphatic rings. The Kier molecular flexibility index (Phi) is 6.36. The second kappa shape index (κ2) is 7.54. The fourth-order valence-electron chi connectivity index (χ4n) is 2.33. The van der Waals surface area contributed by atoms with E-state index in [4.69, 9.17) is 17.3 Å². The molecule has 2 aromatic rings. The molecular formula is C16H19Cl2N. The molecule has 2 rings (SSSR count). The minimum Gasteiger partial charge on any atom is -0.330 e. The van der Waals surface area contributed by atoms with Crippen LogP contribution in [0.5, 0.6) is 0 Å². The van der Waals surface area contributed by atoms with E-state index in [0.717, 1.165) is 5.02 Å². The molecule has 2 atom stereocenters. The molecule has 2 aromatic carbocycles. The molecule has 0 aliphatic heterocycles. The Morgan fingerprint density at radius 2 is 1.53 bits per heavy atom. The normalized spacial score (nSPS) is 13.4. The molecule has 2 unspecified atom stereocenters. The molecule has 0 saturated carbocycles. The average molecular weight is 296 g/mol. The summed E-state index contributed by atoms with van der Waals surface area (Å²) in [4.78, 5) is 0. The molecule has 0 radical (unpaired) electrons. The van der Waals surface area contributed by atoms with Crippen molar-refractivity contribution >= 4 is 24.0 Å². The topological polar surface area (TPSA) is 26.0 Å². The second-order valence-electron chi connectivity index (χ2n) is 4.59. The molecule has 2 N–H and O–H groups in total. The molecule has 102 valence electrons. The molecule has 0 saturated heterocycles. The third-order valence-corrected chi connectivity index (χ3v) is 3.73. The highest BCUT2D eigenvalue weighted by atomic mass is 35.5. The molecule has 0 bridgehead atoms. The SMILES string of the molecule is CC(c1ccc(Cl)cc1)C(CN)c1ccccc1.Cl. The van der Waals surface area contributed by atoms with Gasteiger partial charge in [0, 0.05) is 10.9 Å². The van der Waals surface area contributed by atoms with Crippen LogP contribution in [0.2, 0.25) is 5.02 Å². The third kappa shape index (κ3) is 3.97. The van der Waals surface area contributed by atoms with Crippen LogP contribution in [0, 0.1) is 0 Å². The first-order chi connectivity index (χ1) is 8.72. The second-order valence-corrected chi connectivity index (χ2v) is 5.03. The van der Waals surface area contributed by atoms with Gasteiger partial charge < -0.3 is 5.73 Å². The molecule has 0 fully saturated rings. The quantitative estimate of drug-likeness (QED) is 0.876. The summed E-state index contributed by atoms with van der Waals surface area (Å²) in [6.07, 6.45) is 0. The first-order valence-corrected chi connectivity index (χ1v) is 6.60. The zero-order valence-corrected chi connectivity index (χ0v) is 12.5. The summed E-state index contributed by atoms with van der Waals surface area (Å²) in [5, 5.41) is 0.773. The zero-order chi connectivity index (χ0) is 13.0. The van der Waals surface area contributed by atoms with Crippen molar-refractivity contribution < 1.29 is 0 Å². The summed E-state index contributed by atoms with van der Waals surface area (Å²) in [6.45, 7) is 2.86. The number of halogens is 2. The maximum absolute atomic E-state index is 5.95. The Balaban J connectivity index is 0.00000180. The van der Waals surface area contributed by atoms with Crippen molar-refractivity contribution in [2.45, 2.75) is 18.8 Å². The van der Waals surface area contributed by atoms with E-state index >= 15 is 0 Å². The standard InChI is InChI=1S/C16H18ClN.ClH/c1-12(13-7-9-15(17)10-8-13)16(11-18)14-5-3-2-4-6-14;/h2-10,12,16H,11,18H2,1H3;1H. The lowest BCUT2D eigenvalue weighted by Gasteiger charge is -2.23. The monoisotopic (exact) mass is 295 g/mol. The van der Waals surface area contributed by atoms with Gasteiger partial charge >= 0.3 is 0 Å². The predicted molar refractivity (Wildman–Crippen MR) is 85.4 cm³/mol. The minimum absolute atomic E-state index is 0. The van der Waals surface area contributed by atoms with Crippen molar-refractivity contribution in [2.24, 2.45) is 5.73 Å². The van der Waals surface area contributed by atoms with E-state index in [2.05, 4.69) is 43.3 Å². The van der Waals surface area contributed by atoms with Crippen molar-refractivity contribution in [2.75, 3.05) is 6.54 Å². The van der Waals surface area contributed by atoms with Crippen LogP contribution in [0.3, 0.4) is 0 Å². The molecule has 0 heterocycles. The highest BCUT2D eigenvalue weighted by molar-refractivity contribution is 6.30. The first-order valence-electron chi connectivity index (χ1n) is 6.23. The minimum atomic E-state index is 0. The molecule has 1 nitrogen and oxygen atoms in total. The Morgan fingerprint density at radius 3 is 2.05 bits per heavy atom. The number of nitrogens with two attached hydrogens (primary N) is 1. The van der Waals surface area contributed by atoms with Gasteiger partial charge in [-0.3, -0.25) is 0 Å². The van der Waals surface area contributed by atoms with Gasteiger partial charge in [-0.15, -0.1) is 12.4 Å². The summed E-state index contributed by atoms with van der Waals surface area (Å²) >= 11 is 5.92. The van der Waals surface area contributed by atoms with Crippen LogP contribution in [0.4, 0.5) is 0 Å². The smallest absolute Gasteiger partial charge is 0.0406 e. The molecule has 0 amide bonds. The predicted octanol–water partition coefficient (Wildman–Crippen LogP) is 4.61.